The molecule has 6 heteroatoms. The van der Waals surface area contributed by atoms with E-state index in [0.717, 1.165) is 12.4 Å². The Kier molecular flexibility index (Phi) is 6.77. The van der Waals surface area contributed by atoms with E-state index < -0.39 is 0 Å². The van der Waals surface area contributed by atoms with Gasteiger partial charge in [0, 0.05) is 37.6 Å². The molecule has 0 aliphatic carbocycles. The van der Waals surface area contributed by atoms with Crippen molar-refractivity contribution < 1.29 is 9.18 Å². The van der Waals surface area contributed by atoms with E-state index >= 15 is 0 Å². The molecule has 0 aliphatic rings. The van der Waals surface area contributed by atoms with Crippen molar-refractivity contribution in [3.8, 4) is 0 Å². The van der Waals surface area contributed by atoms with Crippen LogP contribution in [0.15, 0.2) is 60.9 Å². The summed E-state index contributed by atoms with van der Waals surface area (Å²) in [6.45, 7) is 4.45. The number of likely N-dealkylation sites (N-methyl/N-ethyl adjacent to an activating group) is 1. The quantitative estimate of drug-likeness (QED) is 0.586. The van der Waals surface area contributed by atoms with Gasteiger partial charge in [-0.2, -0.15) is 0 Å². The molecular formula is C23H27FN4O. The van der Waals surface area contributed by atoms with Crippen molar-refractivity contribution in [1.29, 1.82) is 0 Å². The van der Waals surface area contributed by atoms with E-state index in [1.165, 1.54) is 35.4 Å². The molecule has 0 unspecified atom stereocenters. The van der Waals surface area contributed by atoms with Crippen LogP contribution < -0.4 is 0 Å². The van der Waals surface area contributed by atoms with E-state index in [0.29, 0.717) is 25.2 Å². The maximum Gasteiger partial charge on any atom is 0.254 e. The fourth-order valence-electron chi connectivity index (χ4n) is 3.16. The SMILES string of the molecule is Cc1cccc(Cn2ccnc2CN(CCN(C)C)C(=O)c2ccc(F)cc2)c1. The first-order valence-corrected chi connectivity index (χ1v) is 9.67. The van der Waals surface area contributed by atoms with Crippen LogP contribution in [0.2, 0.25) is 0 Å². The molecule has 0 saturated carbocycles. The monoisotopic (exact) mass is 394 g/mol. The van der Waals surface area contributed by atoms with Gasteiger partial charge in [0.15, 0.2) is 0 Å². The van der Waals surface area contributed by atoms with Crippen LogP contribution in [-0.2, 0) is 13.1 Å². The summed E-state index contributed by atoms with van der Waals surface area (Å²) in [4.78, 5) is 21.3. The number of amides is 1. The highest BCUT2D eigenvalue weighted by Crippen LogP contribution is 2.13. The van der Waals surface area contributed by atoms with Gasteiger partial charge in [-0.1, -0.05) is 29.8 Å². The number of rotatable bonds is 8. The Bertz CT molecular complexity index is 950. The van der Waals surface area contributed by atoms with Gasteiger partial charge in [-0.3, -0.25) is 4.79 Å². The second kappa shape index (κ2) is 9.47. The second-order valence-corrected chi connectivity index (χ2v) is 7.50. The predicted molar refractivity (Wildman–Crippen MR) is 112 cm³/mol. The summed E-state index contributed by atoms with van der Waals surface area (Å²) >= 11 is 0. The van der Waals surface area contributed by atoms with Crippen LogP contribution in [0.4, 0.5) is 4.39 Å². The van der Waals surface area contributed by atoms with Gasteiger partial charge < -0.3 is 14.4 Å². The van der Waals surface area contributed by atoms with Crippen molar-refractivity contribution in [1.82, 2.24) is 19.4 Å². The number of carbonyl (C=O) groups is 1. The zero-order valence-electron chi connectivity index (χ0n) is 17.2. The van der Waals surface area contributed by atoms with Crippen LogP contribution in [0.5, 0.6) is 0 Å². The third-order valence-corrected chi connectivity index (χ3v) is 4.76. The Labute approximate surface area is 171 Å². The van der Waals surface area contributed by atoms with E-state index in [1.54, 1.807) is 11.1 Å². The fourth-order valence-corrected chi connectivity index (χ4v) is 3.16. The smallest absolute Gasteiger partial charge is 0.254 e. The topological polar surface area (TPSA) is 41.4 Å². The number of aryl methyl sites for hydroxylation is 1. The molecule has 29 heavy (non-hydrogen) atoms. The summed E-state index contributed by atoms with van der Waals surface area (Å²) < 4.78 is 15.3. The third kappa shape index (κ3) is 5.74. The highest BCUT2D eigenvalue weighted by atomic mass is 19.1. The van der Waals surface area contributed by atoms with Gasteiger partial charge in [-0.05, 0) is 50.8 Å². The molecule has 1 heterocycles. The Morgan fingerprint density at radius 2 is 1.86 bits per heavy atom. The van der Waals surface area contributed by atoms with Crippen molar-refractivity contribution in [3.05, 3.63) is 89.3 Å². The van der Waals surface area contributed by atoms with Crippen molar-refractivity contribution in [2.45, 2.75) is 20.0 Å². The Hall–Kier alpha value is -2.99. The molecule has 0 aliphatic heterocycles. The molecule has 0 spiro atoms. The first kappa shape index (κ1) is 20.7. The molecule has 152 valence electrons. The normalized spacial score (nSPS) is 11.1. The molecule has 2 aromatic carbocycles. The second-order valence-electron chi connectivity index (χ2n) is 7.50. The summed E-state index contributed by atoms with van der Waals surface area (Å²) in [7, 11) is 3.94. The molecule has 0 bridgehead atoms. The third-order valence-electron chi connectivity index (χ3n) is 4.76. The lowest BCUT2D eigenvalue weighted by atomic mass is 10.1. The molecule has 1 amide bonds. The van der Waals surface area contributed by atoms with Crippen molar-refractivity contribution in [3.63, 3.8) is 0 Å². The number of carbonyl (C=O) groups excluding carboxylic acids is 1. The largest absolute Gasteiger partial charge is 0.330 e. The average Bonchev–Trinajstić information content (AvgIpc) is 3.11. The van der Waals surface area contributed by atoms with Gasteiger partial charge in [0.05, 0.1) is 6.54 Å². The van der Waals surface area contributed by atoms with Crippen LogP contribution in [0, 0.1) is 12.7 Å². The van der Waals surface area contributed by atoms with Crippen molar-refractivity contribution >= 4 is 5.91 Å². The molecule has 1 aromatic heterocycles. The van der Waals surface area contributed by atoms with Gasteiger partial charge in [0.2, 0.25) is 0 Å². The summed E-state index contributed by atoms with van der Waals surface area (Å²) in [5.41, 5.74) is 2.87. The standard InChI is InChI=1S/C23H27FN4O/c1-18-5-4-6-19(15-18)16-27-12-11-25-22(27)17-28(14-13-26(2)3)23(29)20-7-9-21(24)10-8-20/h4-12,15H,13-14,16-17H2,1-3H3. The average molecular weight is 394 g/mol. The highest BCUT2D eigenvalue weighted by molar-refractivity contribution is 5.94. The first-order chi connectivity index (χ1) is 13.9. The van der Waals surface area contributed by atoms with Gasteiger partial charge in [-0.15, -0.1) is 0 Å². The first-order valence-electron chi connectivity index (χ1n) is 9.67. The number of halogens is 1. The number of hydrogen-bond acceptors (Lipinski definition) is 3. The minimum absolute atomic E-state index is 0.128. The van der Waals surface area contributed by atoms with E-state index in [-0.39, 0.29) is 11.7 Å². The lowest BCUT2D eigenvalue weighted by molar-refractivity contribution is 0.0726. The molecule has 5 nitrogen and oxygen atoms in total. The lowest BCUT2D eigenvalue weighted by Gasteiger charge is -2.24. The van der Waals surface area contributed by atoms with E-state index in [9.17, 15) is 9.18 Å². The van der Waals surface area contributed by atoms with Gasteiger partial charge in [0.1, 0.15) is 11.6 Å². The van der Waals surface area contributed by atoms with Gasteiger partial charge in [-0.25, -0.2) is 9.37 Å². The number of aromatic nitrogens is 2. The zero-order chi connectivity index (χ0) is 20.8. The molecule has 0 saturated heterocycles. The summed E-state index contributed by atoms with van der Waals surface area (Å²) in [5.74, 6) is 0.341. The summed E-state index contributed by atoms with van der Waals surface area (Å²) in [5, 5.41) is 0. The number of imidazole rings is 1. The van der Waals surface area contributed by atoms with Crippen LogP contribution in [0.3, 0.4) is 0 Å². The lowest BCUT2D eigenvalue weighted by Crippen LogP contribution is -2.37. The molecule has 0 fully saturated rings. The van der Waals surface area contributed by atoms with Crippen LogP contribution in [-0.4, -0.2) is 52.4 Å². The summed E-state index contributed by atoms with van der Waals surface area (Å²) in [6.07, 6.45) is 3.70. The predicted octanol–water partition coefficient (Wildman–Crippen LogP) is 3.58. The molecule has 0 radical (unpaired) electrons. The Morgan fingerprint density at radius 3 is 2.55 bits per heavy atom. The van der Waals surface area contributed by atoms with E-state index in [2.05, 4.69) is 34.7 Å². The van der Waals surface area contributed by atoms with Gasteiger partial charge >= 0.3 is 0 Å². The maximum absolute atomic E-state index is 13.3. The minimum atomic E-state index is -0.352. The van der Waals surface area contributed by atoms with E-state index in [1.807, 2.05) is 31.3 Å². The Balaban J connectivity index is 1.80. The summed E-state index contributed by atoms with van der Waals surface area (Å²) in [6, 6.07) is 14.0. The van der Waals surface area contributed by atoms with Crippen molar-refractivity contribution in [2.24, 2.45) is 0 Å². The maximum atomic E-state index is 13.3. The molecule has 0 atom stereocenters. The highest BCUT2D eigenvalue weighted by Gasteiger charge is 2.19. The number of hydrogen-bond donors (Lipinski definition) is 0. The zero-order valence-corrected chi connectivity index (χ0v) is 17.2. The molecule has 0 N–H and O–H groups in total. The van der Waals surface area contributed by atoms with Crippen LogP contribution in [0.25, 0.3) is 0 Å². The fraction of sp³-hybridized carbons (Fsp3) is 0.304. The van der Waals surface area contributed by atoms with Crippen molar-refractivity contribution in [2.75, 3.05) is 27.2 Å². The molecular weight excluding hydrogens is 367 g/mol. The minimum Gasteiger partial charge on any atom is -0.330 e. The van der Waals surface area contributed by atoms with Crippen LogP contribution in [0.1, 0.15) is 27.3 Å². The molecule has 3 rings (SSSR count). The molecule has 3 aromatic rings. The Morgan fingerprint density at radius 1 is 1.10 bits per heavy atom. The van der Waals surface area contributed by atoms with Crippen LogP contribution >= 0.6 is 0 Å². The van der Waals surface area contributed by atoms with E-state index in [4.69, 9.17) is 0 Å². The van der Waals surface area contributed by atoms with Gasteiger partial charge in [0.25, 0.3) is 5.91 Å². The number of benzene rings is 2. The number of nitrogens with zero attached hydrogens (tertiary/aromatic N) is 4.